The van der Waals surface area contributed by atoms with Crippen LogP contribution in [0, 0.1) is 0 Å². The van der Waals surface area contributed by atoms with Crippen LogP contribution in [0.25, 0.3) is 0 Å². The fourth-order valence-electron chi connectivity index (χ4n) is 1.79. The van der Waals surface area contributed by atoms with Crippen LogP contribution < -0.4 is 56.1 Å². The third-order valence-corrected chi connectivity index (χ3v) is 3.79. The van der Waals surface area contributed by atoms with Gasteiger partial charge in [0.25, 0.3) is 6.01 Å². The van der Waals surface area contributed by atoms with E-state index in [-0.39, 0.29) is 62.0 Å². The third kappa shape index (κ3) is 9.39. The molecule has 0 heterocycles. The molecule has 0 atom stereocenters. The maximum absolute atomic E-state index is 13.5. The summed E-state index contributed by atoms with van der Waals surface area (Å²) in [4.78, 5) is -0.366. The summed E-state index contributed by atoms with van der Waals surface area (Å²) in [6.07, 6.45) is 7.45. The van der Waals surface area contributed by atoms with E-state index < -0.39 is 16.1 Å². The monoisotopic (exact) mass is 354 g/mol. The molecule has 1 aromatic carbocycles. The van der Waals surface area contributed by atoms with E-state index in [1.807, 2.05) is 0 Å². The van der Waals surface area contributed by atoms with Crippen molar-refractivity contribution < 1.29 is 73.5 Å². The topological polar surface area (TPSA) is 66.4 Å². The second-order valence-corrected chi connectivity index (χ2v) is 6.12. The predicted molar refractivity (Wildman–Crippen MR) is 77.6 cm³/mol. The molecule has 1 aromatic rings. The van der Waals surface area contributed by atoms with Crippen LogP contribution in [0.3, 0.4) is 0 Å². The van der Waals surface area contributed by atoms with Gasteiger partial charge >= 0.3 is 51.4 Å². The first-order valence-electron chi connectivity index (χ1n) is 7.03. The first-order valence-corrected chi connectivity index (χ1v) is 8.44. The van der Waals surface area contributed by atoms with Crippen molar-refractivity contribution in [1.29, 1.82) is 0 Å². The van der Waals surface area contributed by atoms with Crippen LogP contribution in [0.2, 0.25) is 0 Å². The van der Waals surface area contributed by atoms with Gasteiger partial charge in [-0.3, -0.25) is 0 Å². The summed E-state index contributed by atoms with van der Waals surface area (Å²) in [5, 5.41) is 0. The van der Waals surface area contributed by atoms with Crippen LogP contribution >= 0.6 is 0 Å². The molecular weight excluding hydrogens is 334 g/mol. The maximum atomic E-state index is 13.5. The van der Waals surface area contributed by atoms with E-state index in [1.165, 1.54) is 31.1 Å². The summed E-state index contributed by atoms with van der Waals surface area (Å²) in [6.45, 7) is 2.14. The predicted octanol–water partition coefficient (Wildman–Crippen LogP) is 1.14. The Bertz CT molecular complexity index is 555. The SMILES string of the molecule is CCCCCCC/C=C(\F)Oc1ccc(S(=O)(=O)[O-])cc1.[K+]. The number of hydrogen-bond donors (Lipinski definition) is 0. The Labute approximate surface area is 174 Å². The fourth-order valence-corrected chi connectivity index (χ4v) is 2.26. The minimum atomic E-state index is -4.49. The number of benzene rings is 1. The van der Waals surface area contributed by atoms with Crippen molar-refractivity contribution in [3.8, 4) is 5.75 Å². The van der Waals surface area contributed by atoms with Gasteiger partial charge < -0.3 is 9.29 Å². The standard InChI is InChI=1S/C15H21FO4S.K/c1-2-3-4-5-6-7-8-15(16)20-13-9-11-14(12-10-13)21(17,18)19;/h8-12H,2-7H2,1H3,(H,17,18,19);/q;+1/p-1/b15-8+;. The Morgan fingerprint density at radius 1 is 1.18 bits per heavy atom. The molecule has 118 valence electrons. The molecule has 0 unspecified atom stereocenters. The van der Waals surface area contributed by atoms with Gasteiger partial charge in [-0.05, 0) is 43.2 Å². The molecule has 7 heteroatoms. The van der Waals surface area contributed by atoms with Crippen LogP contribution in [0.4, 0.5) is 4.39 Å². The summed E-state index contributed by atoms with van der Waals surface area (Å²) in [5.41, 5.74) is 0. The fraction of sp³-hybridized carbons (Fsp3) is 0.467. The number of unbranched alkanes of at least 4 members (excludes halogenated alkanes) is 5. The number of ether oxygens (including phenoxy) is 1. The molecule has 0 amide bonds. The van der Waals surface area contributed by atoms with E-state index in [1.54, 1.807) is 0 Å². The Morgan fingerprint density at radius 3 is 2.32 bits per heavy atom. The van der Waals surface area contributed by atoms with Crippen LogP contribution in [0.5, 0.6) is 5.75 Å². The summed E-state index contributed by atoms with van der Waals surface area (Å²) >= 11 is 0. The third-order valence-electron chi connectivity index (χ3n) is 2.94. The smallest absolute Gasteiger partial charge is 0.744 e. The zero-order chi connectivity index (χ0) is 15.7. The second kappa shape index (κ2) is 11.7. The van der Waals surface area contributed by atoms with Crippen molar-refractivity contribution in [2.45, 2.75) is 50.3 Å². The summed E-state index contributed by atoms with van der Waals surface area (Å²) in [7, 11) is -4.49. The Kier molecular flexibility index (Phi) is 11.8. The molecule has 4 nitrogen and oxygen atoms in total. The van der Waals surface area contributed by atoms with Crippen molar-refractivity contribution in [2.24, 2.45) is 0 Å². The van der Waals surface area contributed by atoms with Gasteiger partial charge in [0.2, 0.25) is 0 Å². The van der Waals surface area contributed by atoms with Crippen molar-refractivity contribution in [2.75, 3.05) is 0 Å². The van der Waals surface area contributed by atoms with Gasteiger partial charge in [0.1, 0.15) is 15.9 Å². The van der Waals surface area contributed by atoms with Gasteiger partial charge in [-0.2, -0.15) is 4.39 Å². The number of allylic oxidation sites excluding steroid dienone is 1. The molecule has 0 bridgehead atoms. The van der Waals surface area contributed by atoms with Gasteiger partial charge in [0.05, 0.1) is 4.90 Å². The van der Waals surface area contributed by atoms with E-state index in [9.17, 15) is 17.4 Å². The molecule has 0 aliphatic carbocycles. The molecule has 0 aromatic heterocycles. The van der Waals surface area contributed by atoms with Crippen LogP contribution in [0.1, 0.15) is 45.4 Å². The summed E-state index contributed by atoms with van der Waals surface area (Å²) in [5.74, 6) is 0.155. The Hall–Kier alpha value is 0.236. The molecule has 0 saturated carbocycles. The van der Waals surface area contributed by atoms with E-state index in [2.05, 4.69) is 6.92 Å². The van der Waals surface area contributed by atoms with Crippen molar-refractivity contribution >= 4 is 10.1 Å². The van der Waals surface area contributed by atoms with E-state index in [4.69, 9.17) is 4.74 Å². The molecule has 22 heavy (non-hydrogen) atoms. The van der Waals surface area contributed by atoms with Crippen LogP contribution in [0.15, 0.2) is 41.2 Å². The molecule has 0 radical (unpaired) electrons. The average Bonchev–Trinajstić information content (AvgIpc) is 2.42. The minimum Gasteiger partial charge on any atom is -0.744 e. The quantitative estimate of drug-likeness (QED) is 0.289. The second-order valence-electron chi connectivity index (χ2n) is 4.74. The molecule has 0 N–H and O–H groups in total. The molecular formula is C15H20FKO4S. The van der Waals surface area contributed by atoms with Crippen LogP contribution in [-0.2, 0) is 10.1 Å². The molecule has 0 saturated heterocycles. The molecule has 0 spiro atoms. The number of hydrogen-bond acceptors (Lipinski definition) is 4. The Morgan fingerprint density at radius 2 is 1.77 bits per heavy atom. The van der Waals surface area contributed by atoms with Crippen molar-refractivity contribution in [3.63, 3.8) is 0 Å². The van der Waals surface area contributed by atoms with Gasteiger partial charge in [0.15, 0.2) is 0 Å². The van der Waals surface area contributed by atoms with Crippen molar-refractivity contribution in [1.82, 2.24) is 0 Å². The normalized spacial score (nSPS) is 11.9. The number of rotatable bonds is 9. The average molecular weight is 354 g/mol. The van der Waals surface area contributed by atoms with E-state index in [0.29, 0.717) is 6.42 Å². The van der Waals surface area contributed by atoms with Gasteiger partial charge in [-0.25, -0.2) is 8.42 Å². The van der Waals surface area contributed by atoms with Crippen LogP contribution in [-0.4, -0.2) is 13.0 Å². The largest absolute Gasteiger partial charge is 1.00 e. The molecule has 1 rings (SSSR count). The zero-order valence-electron chi connectivity index (χ0n) is 13.0. The first-order chi connectivity index (χ1) is 9.93. The molecule has 0 fully saturated rings. The Balaban J connectivity index is 0.00000441. The zero-order valence-corrected chi connectivity index (χ0v) is 17.0. The first kappa shape index (κ1) is 22.2. The summed E-state index contributed by atoms with van der Waals surface area (Å²) in [6, 6.07) is 3.97. The van der Waals surface area contributed by atoms with E-state index >= 15 is 0 Å². The molecule has 0 aliphatic heterocycles. The number of halogens is 1. The van der Waals surface area contributed by atoms with Crippen molar-refractivity contribution in [3.05, 3.63) is 36.4 Å². The minimum absolute atomic E-state index is 0. The van der Waals surface area contributed by atoms with E-state index in [0.717, 1.165) is 31.4 Å². The van der Waals surface area contributed by atoms with Gasteiger partial charge in [-0.15, -0.1) is 0 Å². The summed E-state index contributed by atoms with van der Waals surface area (Å²) < 4.78 is 50.6. The molecule has 0 aliphatic rings. The van der Waals surface area contributed by atoms with Gasteiger partial charge in [0, 0.05) is 0 Å². The maximum Gasteiger partial charge on any atom is 1.00 e. The van der Waals surface area contributed by atoms with Gasteiger partial charge in [-0.1, -0.05) is 32.6 Å².